The van der Waals surface area contributed by atoms with E-state index in [1.807, 2.05) is 48.6 Å². The third-order valence-corrected chi connectivity index (χ3v) is 5.46. The van der Waals surface area contributed by atoms with Gasteiger partial charge in [0, 0.05) is 11.1 Å². The van der Waals surface area contributed by atoms with Crippen molar-refractivity contribution in [3.05, 3.63) is 89.6 Å². The number of allylic oxidation sites excluding steroid dienone is 2. The van der Waals surface area contributed by atoms with Gasteiger partial charge in [-0.1, -0.05) is 65.8 Å². The first-order chi connectivity index (χ1) is 16.8. The zero-order valence-electron chi connectivity index (χ0n) is 20.3. The van der Waals surface area contributed by atoms with Gasteiger partial charge in [-0.15, -0.1) is 5.11 Å². The van der Waals surface area contributed by atoms with Crippen LogP contribution in [-0.4, -0.2) is 27.1 Å². The molecule has 2 aliphatic heterocycles. The monoisotopic (exact) mass is 419 g/mol. The summed E-state index contributed by atoms with van der Waals surface area (Å²) >= 11 is 6.18. The normalized spacial score (nSPS) is 27.8. The molecule has 2 aromatic carbocycles. The van der Waals surface area contributed by atoms with E-state index in [9.17, 15) is 0 Å². The summed E-state index contributed by atoms with van der Waals surface area (Å²) in [5.74, 6) is 0.523. The van der Waals surface area contributed by atoms with Crippen LogP contribution >= 0.6 is 11.6 Å². The summed E-state index contributed by atoms with van der Waals surface area (Å²) in [7, 11) is 0. The molecule has 1 aromatic heterocycles. The van der Waals surface area contributed by atoms with Crippen molar-refractivity contribution in [2.75, 3.05) is 11.6 Å². The van der Waals surface area contributed by atoms with Gasteiger partial charge in [-0.3, -0.25) is 0 Å². The molecule has 146 valence electrons. The highest BCUT2D eigenvalue weighted by atomic mass is 35.5. The molecule has 30 heavy (non-hydrogen) atoms. The summed E-state index contributed by atoms with van der Waals surface area (Å²) in [6, 6.07) is 5.21. The summed E-state index contributed by atoms with van der Waals surface area (Å²) in [4.78, 5) is 12.6. The molecule has 0 saturated carbocycles. The minimum atomic E-state index is -0.927. The van der Waals surface area contributed by atoms with Gasteiger partial charge in [0.2, 0.25) is 5.28 Å². The van der Waals surface area contributed by atoms with Crippen molar-refractivity contribution in [3.63, 3.8) is 0 Å². The molecule has 2 atom stereocenters. The first kappa shape index (κ1) is 12.9. The average Bonchev–Trinajstić information content (AvgIpc) is 3.16. The van der Waals surface area contributed by atoms with Crippen molar-refractivity contribution in [2.24, 2.45) is 10.3 Å². The van der Waals surface area contributed by atoms with Gasteiger partial charge in [0.15, 0.2) is 17.0 Å². The van der Waals surface area contributed by atoms with E-state index in [-0.39, 0.29) is 29.2 Å². The number of fused-ring (bicyclic) bond motifs is 1. The lowest BCUT2D eigenvalue weighted by atomic mass is 9.73. The Labute approximate surface area is 184 Å². The van der Waals surface area contributed by atoms with Crippen LogP contribution in [0.2, 0.25) is 5.28 Å². The van der Waals surface area contributed by atoms with Crippen LogP contribution in [-0.2, 0) is 5.54 Å². The summed E-state index contributed by atoms with van der Waals surface area (Å²) < 4.78 is 46.6. The van der Waals surface area contributed by atoms with Gasteiger partial charge in [0.1, 0.15) is 5.75 Å². The standard InChI is InChI=1S/C22H15ClN6O/c23-19-24-18(15-8-2-1-3-9-15)25-20(26-19)29-14-21-12-6-7-13-22(21,27-28-29)16-10-4-5-11-17(16)30-21/h1-13H,14H2/i1D,2D,3D,8D,9D. The maximum atomic E-state index is 8.24. The van der Waals surface area contributed by atoms with E-state index in [2.05, 4.69) is 25.3 Å². The minimum absolute atomic E-state index is 0.000968. The van der Waals surface area contributed by atoms with Crippen molar-refractivity contribution in [3.8, 4) is 17.1 Å². The lowest BCUT2D eigenvalue weighted by molar-refractivity contribution is 0.0787. The molecule has 1 aliphatic carbocycles. The Morgan fingerprint density at radius 2 is 1.87 bits per heavy atom. The molecule has 0 bridgehead atoms. The van der Waals surface area contributed by atoms with Crippen molar-refractivity contribution in [2.45, 2.75) is 11.1 Å². The summed E-state index contributed by atoms with van der Waals surface area (Å²) in [6.07, 6.45) is 7.63. The zero-order chi connectivity index (χ0) is 24.5. The number of para-hydroxylation sites is 1. The van der Waals surface area contributed by atoms with Crippen molar-refractivity contribution >= 4 is 17.5 Å². The van der Waals surface area contributed by atoms with Gasteiger partial charge < -0.3 is 4.74 Å². The Morgan fingerprint density at radius 1 is 1.03 bits per heavy atom. The number of nitrogens with zero attached hydrogens (tertiary/aromatic N) is 6. The Hall–Kier alpha value is -3.58. The number of hydrogen-bond donors (Lipinski definition) is 0. The first-order valence-electron chi connectivity index (χ1n) is 11.6. The Kier molecular flexibility index (Phi) is 2.66. The van der Waals surface area contributed by atoms with Crippen molar-refractivity contribution in [1.29, 1.82) is 0 Å². The van der Waals surface area contributed by atoms with E-state index in [4.69, 9.17) is 23.2 Å². The van der Waals surface area contributed by atoms with E-state index < -0.39 is 41.4 Å². The average molecular weight is 420 g/mol. The van der Waals surface area contributed by atoms with Crippen LogP contribution in [0.1, 0.15) is 12.4 Å². The molecule has 8 heteroatoms. The lowest BCUT2D eigenvalue weighted by Gasteiger charge is -2.43. The SMILES string of the molecule is [2H]c1c([2H])c([2H])c(-c2nc(Cl)nc(N3CC45C=CC=CC4(N=N3)c3ccccc3O5)n2)c([2H])c1[2H]. The first-order valence-corrected chi connectivity index (χ1v) is 9.49. The number of benzene rings is 2. The second-order valence-electron chi connectivity index (χ2n) is 6.95. The van der Waals surface area contributed by atoms with Crippen LogP contribution in [0.3, 0.4) is 0 Å². The van der Waals surface area contributed by atoms with Gasteiger partial charge >= 0.3 is 0 Å². The van der Waals surface area contributed by atoms with E-state index in [1.165, 1.54) is 5.01 Å². The minimum Gasteiger partial charge on any atom is -0.477 e. The molecular weight excluding hydrogens is 400 g/mol. The molecule has 3 heterocycles. The molecule has 0 saturated heterocycles. The van der Waals surface area contributed by atoms with Gasteiger partial charge in [-0.2, -0.15) is 15.0 Å². The van der Waals surface area contributed by atoms with E-state index in [1.54, 1.807) is 0 Å². The van der Waals surface area contributed by atoms with E-state index in [0.29, 0.717) is 5.75 Å². The zero-order valence-corrected chi connectivity index (χ0v) is 16.1. The predicted octanol–water partition coefficient (Wildman–Crippen LogP) is 4.53. The van der Waals surface area contributed by atoms with E-state index in [0.717, 1.165) is 5.56 Å². The smallest absolute Gasteiger partial charge is 0.252 e. The highest BCUT2D eigenvalue weighted by Crippen LogP contribution is 2.55. The molecule has 6 rings (SSSR count). The number of rotatable bonds is 2. The highest BCUT2D eigenvalue weighted by Gasteiger charge is 2.62. The second kappa shape index (κ2) is 6.21. The second-order valence-corrected chi connectivity index (χ2v) is 7.29. The maximum Gasteiger partial charge on any atom is 0.252 e. The van der Waals surface area contributed by atoms with Gasteiger partial charge in [0.25, 0.3) is 5.95 Å². The van der Waals surface area contributed by atoms with Crippen LogP contribution in [0.15, 0.2) is 89.1 Å². The van der Waals surface area contributed by atoms with Crippen LogP contribution in [0.25, 0.3) is 11.4 Å². The quantitative estimate of drug-likeness (QED) is 0.609. The molecule has 2 unspecified atom stereocenters. The summed E-state index contributed by atoms with van der Waals surface area (Å²) in [6.45, 7) is 0.173. The summed E-state index contributed by atoms with van der Waals surface area (Å²) in [5, 5.41) is 10.2. The van der Waals surface area contributed by atoms with Crippen LogP contribution in [0.5, 0.6) is 5.75 Å². The summed E-state index contributed by atoms with van der Waals surface area (Å²) in [5.41, 5.74) is -1.09. The highest BCUT2D eigenvalue weighted by molar-refractivity contribution is 6.28. The van der Waals surface area contributed by atoms with Gasteiger partial charge in [-0.25, -0.2) is 5.01 Å². The van der Waals surface area contributed by atoms with Crippen molar-refractivity contribution in [1.82, 2.24) is 15.0 Å². The fourth-order valence-electron chi connectivity index (χ4n) is 3.97. The predicted molar refractivity (Wildman–Crippen MR) is 112 cm³/mol. The van der Waals surface area contributed by atoms with Gasteiger partial charge in [0.05, 0.1) is 13.4 Å². The molecule has 3 aromatic rings. The molecule has 0 fully saturated rings. The Morgan fingerprint density at radius 3 is 2.77 bits per heavy atom. The molecule has 0 spiro atoms. The third kappa shape index (κ3) is 2.35. The molecular formula is C22H15ClN6O. The van der Waals surface area contributed by atoms with Crippen LogP contribution < -0.4 is 9.75 Å². The number of aromatic nitrogens is 3. The number of halogens is 1. The number of ether oxygens (including phenoxy) is 1. The fraction of sp³-hybridized carbons (Fsp3) is 0.136. The van der Waals surface area contributed by atoms with Crippen LogP contribution in [0, 0.1) is 0 Å². The topological polar surface area (TPSA) is 75.9 Å². The number of anilines is 1. The van der Waals surface area contributed by atoms with E-state index >= 15 is 0 Å². The Bertz CT molecular complexity index is 1480. The molecule has 3 aliphatic rings. The largest absolute Gasteiger partial charge is 0.477 e. The number of hydrogen-bond acceptors (Lipinski definition) is 7. The Balaban J connectivity index is 1.47. The maximum absolute atomic E-state index is 8.24. The van der Waals surface area contributed by atoms with Gasteiger partial charge in [-0.05, 0) is 29.8 Å². The molecule has 0 amide bonds. The molecule has 0 radical (unpaired) electrons. The third-order valence-electron chi connectivity index (χ3n) is 5.29. The fourth-order valence-corrected chi connectivity index (χ4v) is 4.12. The van der Waals surface area contributed by atoms with Crippen LogP contribution in [0.4, 0.5) is 5.95 Å². The van der Waals surface area contributed by atoms with Crippen molar-refractivity contribution < 1.29 is 11.6 Å². The lowest BCUT2D eigenvalue weighted by Crippen LogP contribution is -2.58. The molecule has 0 N–H and O–H groups in total. The molecule has 7 nitrogen and oxygen atoms in total.